The molecule has 0 fully saturated rings. The monoisotopic (exact) mass is 294 g/mol. The fourth-order valence-corrected chi connectivity index (χ4v) is 1.92. The van der Waals surface area contributed by atoms with Crippen molar-refractivity contribution in [2.75, 3.05) is 0 Å². The van der Waals surface area contributed by atoms with Gasteiger partial charge in [-0.3, -0.25) is 0 Å². The van der Waals surface area contributed by atoms with Crippen LogP contribution in [0.2, 0.25) is 0 Å². The summed E-state index contributed by atoms with van der Waals surface area (Å²) in [6.45, 7) is 0. The van der Waals surface area contributed by atoms with Crippen molar-refractivity contribution in [3.8, 4) is 6.07 Å². The van der Waals surface area contributed by atoms with E-state index in [0.29, 0.717) is 4.60 Å². The molecule has 0 aliphatic carbocycles. The third kappa shape index (κ3) is 2.86. The lowest BCUT2D eigenvalue weighted by atomic mass is 10.1. The van der Waals surface area contributed by atoms with Gasteiger partial charge in [0, 0.05) is 5.56 Å². The van der Waals surface area contributed by atoms with Gasteiger partial charge in [0.2, 0.25) is 0 Å². The molecule has 1 aromatic rings. The molecule has 1 heterocycles. The molecule has 0 spiro atoms. The van der Waals surface area contributed by atoms with Gasteiger partial charge in [0.25, 0.3) is 6.43 Å². The van der Waals surface area contributed by atoms with Gasteiger partial charge >= 0.3 is 0 Å². The summed E-state index contributed by atoms with van der Waals surface area (Å²) in [5.41, 5.74) is 0.158. The van der Waals surface area contributed by atoms with Crippen molar-refractivity contribution in [1.29, 1.82) is 5.26 Å². The first kappa shape index (κ1) is 12.3. The number of hydrogen-bond donors (Lipinski definition) is 0. The quantitative estimate of drug-likeness (QED) is 0.631. The second-order valence-corrected chi connectivity index (χ2v) is 3.81. The summed E-state index contributed by atoms with van der Waals surface area (Å²) in [6.07, 6.45) is -2.74. The second kappa shape index (κ2) is 5.38. The van der Waals surface area contributed by atoms with Crippen LogP contribution in [0.25, 0.3) is 0 Å². The second-order valence-electron chi connectivity index (χ2n) is 2.73. The van der Waals surface area contributed by atoms with E-state index in [1.165, 1.54) is 6.07 Å². The maximum atomic E-state index is 12.7. The van der Waals surface area contributed by atoms with Crippen molar-refractivity contribution >= 4 is 27.5 Å². The lowest BCUT2D eigenvalue weighted by molar-refractivity contribution is 0.149. The van der Waals surface area contributed by atoms with Gasteiger partial charge in [-0.05, 0) is 27.6 Å². The first-order valence-electron chi connectivity index (χ1n) is 3.99. The number of hydrogen-bond acceptors (Lipinski definition) is 2. The summed E-state index contributed by atoms with van der Waals surface area (Å²) in [4.78, 5) is 3.85. The zero-order valence-electron chi connectivity index (χ0n) is 7.48. The zero-order chi connectivity index (χ0) is 11.4. The topological polar surface area (TPSA) is 36.7 Å². The smallest absolute Gasteiger partial charge is 0.244 e. The molecule has 0 N–H and O–H groups in total. The average molecular weight is 296 g/mol. The van der Waals surface area contributed by atoms with Gasteiger partial charge in [0.1, 0.15) is 4.60 Å². The molecule has 1 aromatic heterocycles. The molecule has 6 heteroatoms. The molecule has 1 rings (SSSR count). The Labute approximate surface area is 99.0 Å². The number of aromatic nitrogens is 1. The van der Waals surface area contributed by atoms with Crippen LogP contribution in [0.15, 0.2) is 10.7 Å². The minimum absolute atomic E-state index is 0.0787. The van der Waals surface area contributed by atoms with E-state index in [-0.39, 0.29) is 29.1 Å². The summed E-state index contributed by atoms with van der Waals surface area (Å²) >= 11 is 8.60. The molecule has 0 saturated heterocycles. The van der Waals surface area contributed by atoms with Crippen molar-refractivity contribution in [2.24, 2.45) is 0 Å². The Morgan fingerprint density at radius 3 is 2.73 bits per heavy atom. The van der Waals surface area contributed by atoms with E-state index in [2.05, 4.69) is 20.9 Å². The molecular formula is C9H6BrClF2N2. The van der Waals surface area contributed by atoms with Gasteiger partial charge in [0.15, 0.2) is 0 Å². The fraction of sp³-hybridized carbons (Fsp3) is 0.333. The normalized spacial score (nSPS) is 10.4. The van der Waals surface area contributed by atoms with Crippen molar-refractivity contribution in [2.45, 2.75) is 18.7 Å². The third-order valence-corrected chi connectivity index (χ3v) is 2.47. The van der Waals surface area contributed by atoms with Gasteiger partial charge in [-0.25, -0.2) is 13.8 Å². The number of rotatable bonds is 3. The highest BCUT2D eigenvalue weighted by Crippen LogP contribution is 2.29. The van der Waals surface area contributed by atoms with E-state index < -0.39 is 6.43 Å². The number of alkyl halides is 3. The molecule has 0 unspecified atom stereocenters. The lowest BCUT2D eigenvalue weighted by Gasteiger charge is -2.10. The summed E-state index contributed by atoms with van der Waals surface area (Å²) in [6, 6.07) is 3.25. The van der Waals surface area contributed by atoms with Crippen molar-refractivity contribution in [3.63, 3.8) is 0 Å². The highest BCUT2D eigenvalue weighted by molar-refractivity contribution is 9.10. The molecule has 15 heavy (non-hydrogen) atoms. The largest absolute Gasteiger partial charge is 0.265 e. The Bertz CT molecular complexity index is 404. The van der Waals surface area contributed by atoms with Crippen LogP contribution in [-0.4, -0.2) is 4.98 Å². The summed E-state index contributed by atoms with van der Waals surface area (Å²) in [5.74, 6) is -0.0997. The van der Waals surface area contributed by atoms with Crippen molar-refractivity contribution in [1.82, 2.24) is 4.98 Å². The summed E-state index contributed by atoms with van der Waals surface area (Å²) in [7, 11) is 0. The van der Waals surface area contributed by atoms with E-state index in [1.807, 2.05) is 6.07 Å². The maximum absolute atomic E-state index is 12.7. The van der Waals surface area contributed by atoms with E-state index >= 15 is 0 Å². The molecule has 0 bridgehead atoms. The molecule has 0 saturated carbocycles. The van der Waals surface area contributed by atoms with Gasteiger partial charge in [0.05, 0.1) is 24.1 Å². The van der Waals surface area contributed by atoms with Crippen LogP contribution in [0, 0.1) is 11.3 Å². The maximum Gasteiger partial charge on any atom is 0.265 e. The van der Waals surface area contributed by atoms with Crippen LogP contribution in [-0.2, 0) is 12.3 Å². The molecule has 0 amide bonds. The van der Waals surface area contributed by atoms with Crippen molar-refractivity contribution < 1.29 is 8.78 Å². The Kier molecular flexibility index (Phi) is 4.43. The van der Waals surface area contributed by atoms with Crippen LogP contribution in [0.4, 0.5) is 8.78 Å². The van der Waals surface area contributed by atoms with Gasteiger partial charge in [-0.2, -0.15) is 5.26 Å². The SMILES string of the molecule is N#CCc1cc(Br)nc(CCl)c1C(F)F. The third-order valence-electron chi connectivity index (χ3n) is 1.81. The number of pyridine rings is 1. The minimum atomic E-state index is -2.66. The molecule has 0 aliphatic heterocycles. The highest BCUT2D eigenvalue weighted by Gasteiger charge is 2.19. The Balaban J connectivity index is 3.34. The Morgan fingerprint density at radius 2 is 2.27 bits per heavy atom. The molecule has 0 radical (unpaired) electrons. The molecule has 80 valence electrons. The summed E-state index contributed by atoms with van der Waals surface area (Å²) < 4.78 is 25.8. The van der Waals surface area contributed by atoms with Gasteiger partial charge in [-0.15, -0.1) is 11.6 Å². The average Bonchev–Trinajstić information content (AvgIpc) is 2.16. The van der Waals surface area contributed by atoms with Gasteiger partial charge < -0.3 is 0 Å². The molecule has 0 aromatic carbocycles. The molecule has 0 atom stereocenters. The van der Waals surface area contributed by atoms with Gasteiger partial charge in [-0.1, -0.05) is 0 Å². The minimum Gasteiger partial charge on any atom is -0.244 e. The Morgan fingerprint density at radius 1 is 1.60 bits per heavy atom. The molecule has 0 aliphatic rings. The van der Waals surface area contributed by atoms with E-state index in [4.69, 9.17) is 16.9 Å². The Hall–Kier alpha value is -0.730. The fourth-order valence-electron chi connectivity index (χ4n) is 1.23. The van der Waals surface area contributed by atoms with Crippen LogP contribution >= 0.6 is 27.5 Å². The van der Waals surface area contributed by atoms with Crippen LogP contribution in [0.3, 0.4) is 0 Å². The number of halogens is 4. The van der Waals surface area contributed by atoms with E-state index in [1.54, 1.807) is 0 Å². The van der Waals surface area contributed by atoms with E-state index in [9.17, 15) is 8.78 Å². The standard InChI is InChI=1S/C9H6BrClF2N2/c10-7-3-5(1-2-14)8(9(12)13)6(4-11)15-7/h3,9H,1,4H2. The predicted molar refractivity (Wildman–Crippen MR) is 55.8 cm³/mol. The van der Waals surface area contributed by atoms with Crippen molar-refractivity contribution in [3.05, 3.63) is 27.5 Å². The first-order valence-corrected chi connectivity index (χ1v) is 5.32. The number of nitrogens with zero attached hydrogens (tertiary/aromatic N) is 2. The lowest BCUT2D eigenvalue weighted by Crippen LogP contribution is -2.02. The van der Waals surface area contributed by atoms with Crippen LogP contribution in [0.1, 0.15) is 23.2 Å². The number of nitriles is 1. The highest BCUT2D eigenvalue weighted by atomic mass is 79.9. The first-order chi connectivity index (χ1) is 7.10. The van der Waals surface area contributed by atoms with E-state index in [0.717, 1.165) is 0 Å². The van der Waals surface area contributed by atoms with Crippen LogP contribution < -0.4 is 0 Å². The predicted octanol–water partition coefficient (Wildman–Crippen LogP) is 3.59. The molecular weight excluding hydrogens is 289 g/mol. The summed E-state index contributed by atoms with van der Waals surface area (Å²) in [5, 5.41) is 8.52. The zero-order valence-corrected chi connectivity index (χ0v) is 9.82. The van der Waals surface area contributed by atoms with Crippen LogP contribution in [0.5, 0.6) is 0 Å². The molecule has 2 nitrogen and oxygen atoms in total.